The van der Waals surface area contributed by atoms with Gasteiger partial charge in [-0.05, 0) is 24.3 Å². The van der Waals surface area contributed by atoms with E-state index in [9.17, 15) is 14.4 Å². The standard InChI is InChI=1S/C19H17ClN2O5/c1-26-15-9-13(20)14(10-16(15)27-2)21-19(25)11-3-5-12(6-4-11)22-17(23)7-8-18(22)24/h3-6,9-10H,7-8H2,1-2H3,(H,21,25). The van der Waals surface area contributed by atoms with Gasteiger partial charge in [0.15, 0.2) is 11.5 Å². The molecule has 1 aliphatic rings. The van der Waals surface area contributed by atoms with E-state index in [1.165, 1.54) is 26.4 Å². The lowest BCUT2D eigenvalue weighted by molar-refractivity contribution is -0.121. The van der Waals surface area contributed by atoms with E-state index in [-0.39, 0.29) is 24.7 Å². The fourth-order valence-electron chi connectivity index (χ4n) is 2.77. The number of anilines is 2. The minimum Gasteiger partial charge on any atom is -0.493 e. The van der Waals surface area contributed by atoms with E-state index < -0.39 is 5.91 Å². The quantitative estimate of drug-likeness (QED) is 0.794. The summed E-state index contributed by atoms with van der Waals surface area (Å²) >= 11 is 6.18. The second-order valence-electron chi connectivity index (χ2n) is 5.81. The third kappa shape index (κ3) is 3.73. The third-order valence-electron chi connectivity index (χ3n) is 4.16. The minimum atomic E-state index is -0.394. The Morgan fingerprint density at radius 3 is 2.11 bits per heavy atom. The second kappa shape index (κ2) is 7.67. The summed E-state index contributed by atoms with van der Waals surface area (Å²) in [7, 11) is 2.97. The fourth-order valence-corrected chi connectivity index (χ4v) is 2.97. The number of amides is 3. The van der Waals surface area contributed by atoms with Crippen molar-refractivity contribution in [1.29, 1.82) is 0 Å². The molecule has 2 aromatic rings. The Bertz CT molecular complexity index is 895. The monoisotopic (exact) mass is 388 g/mol. The highest BCUT2D eigenvalue weighted by Gasteiger charge is 2.30. The Morgan fingerprint density at radius 2 is 1.56 bits per heavy atom. The zero-order valence-corrected chi connectivity index (χ0v) is 15.5. The summed E-state index contributed by atoms with van der Waals surface area (Å²) in [5.74, 6) is 0.00164. The van der Waals surface area contributed by atoms with E-state index in [4.69, 9.17) is 21.1 Å². The van der Waals surface area contributed by atoms with Crippen LogP contribution in [0.5, 0.6) is 11.5 Å². The first-order chi connectivity index (χ1) is 12.9. The van der Waals surface area contributed by atoms with Crippen LogP contribution in [-0.2, 0) is 9.59 Å². The molecular formula is C19H17ClN2O5. The summed E-state index contributed by atoms with van der Waals surface area (Å²) in [6.45, 7) is 0. The lowest BCUT2D eigenvalue weighted by atomic mass is 10.1. The fraction of sp³-hybridized carbons (Fsp3) is 0.211. The van der Waals surface area contributed by atoms with Gasteiger partial charge in [-0.25, -0.2) is 0 Å². The molecule has 3 amide bonds. The number of hydrogen-bond acceptors (Lipinski definition) is 5. The smallest absolute Gasteiger partial charge is 0.255 e. The van der Waals surface area contributed by atoms with E-state index in [0.29, 0.717) is 33.5 Å². The molecule has 3 rings (SSSR count). The second-order valence-corrected chi connectivity index (χ2v) is 6.22. The molecule has 1 aliphatic heterocycles. The highest BCUT2D eigenvalue weighted by Crippen LogP contribution is 2.36. The molecule has 7 nitrogen and oxygen atoms in total. The maximum Gasteiger partial charge on any atom is 0.255 e. The lowest BCUT2D eigenvalue weighted by Gasteiger charge is -2.15. The maximum atomic E-state index is 12.5. The van der Waals surface area contributed by atoms with E-state index in [2.05, 4.69) is 5.32 Å². The molecule has 0 bridgehead atoms. The Labute approximate surface area is 160 Å². The maximum absolute atomic E-state index is 12.5. The van der Waals surface area contributed by atoms with Crippen molar-refractivity contribution in [3.63, 3.8) is 0 Å². The van der Waals surface area contributed by atoms with Crippen molar-refractivity contribution >= 4 is 40.7 Å². The summed E-state index contributed by atoms with van der Waals surface area (Å²) in [6, 6.07) is 9.31. The molecule has 1 N–H and O–H groups in total. The molecule has 0 unspecified atom stereocenters. The van der Waals surface area contributed by atoms with Crippen molar-refractivity contribution in [3.8, 4) is 11.5 Å². The zero-order valence-electron chi connectivity index (χ0n) is 14.7. The number of methoxy groups -OCH3 is 2. The third-order valence-corrected chi connectivity index (χ3v) is 4.47. The van der Waals surface area contributed by atoms with Crippen LogP contribution in [0.4, 0.5) is 11.4 Å². The predicted octanol–water partition coefficient (Wildman–Crippen LogP) is 3.26. The van der Waals surface area contributed by atoms with Crippen molar-refractivity contribution < 1.29 is 23.9 Å². The van der Waals surface area contributed by atoms with Crippen molar-refractivity contribution in [2.45, 2.75) is 12.8 Å². The molecule has 0 aliphatic carbocycles. The Hall–Kier alpha value is -3.06. The molecule has 1 heterocycles. The van der Waals surface area contributed by atoms with Gasteiger partial charge in [0.25, 0.3) is 5.91 Å². The highest BCUT2D eigenvalue weighted by molar-refractivity contribution is 6.34. The van der Waals surface area contributed by atoms with Crippen LogP contribution in [0.25, 0.3) is 0 Å². The molecule has 8 heteroatoms. The van der Waals surface area contributed by atoms with Crippen molar-refractivity contribution in [2.75, 3.05) is 24.4 Å². The first kappa shape index (κ1) is 18.7. The SMILES string of the molecule is COc1cc(Cl)c(NC(=O)c2ccc(N3C(=O)CCC3=O)cc2)cc1OC. The van der Waals surface area contributed by atoms with E-state index in [1.807, 2.05) is 0 Å². The topological polar surface area (TPSA) is 84.9 Å². The van der Waals surface area contributed by atoms with Gasteiger partial charge < -0.3 is 14.8 Å². The van der Waals surface area contributed by atoms with Gasteiger partial charge in [0.1, 0.15) is 0 Å². The van der Waals surface area contributed by atoms with Crippen molar-refractivity contribution in [1.82, 2.24) is 0 Å². The minimum absolute atomic E-state index is 0.207. The first-order valence-corrected chi connectivity index (χ1v) is 8.51. The Kier molecular flexibility index (Phi) is 5.32. The van der Waals surface area contributed by atoms with Gasteiger partial charge in [-0.3, -0.25) is 19.3 Å². The van der Waals surface area contributed by atoms with E-state index in [0.717, 1.165) is 4.90 Å². The number of nitrogens with zero attached hydrogens (tertiary/aromatic N) is 1. The van der Waals surface area contributed by atoms with Gasteiger partial charge in [-0.15, -0.1) is 0 Å². The van der Waals surface area contributed by atoms with Crippen LogP contribution >= 0.6 is 11.6 Å². The number of imide groups is 1. The lowest BCUT2D eigenvalue weighted by Crippen LogP contribution is -2.28. The average molecular weight is 389 g/mol. The summed E-state index contributed by atoms with van der Waals surface area (Å²) in [5.41, 5.74) is 1.17. The number of carbonyl (C=O) groups excluding carboxylic acids is 3. The zero-order chi connectivity index (χ0) is 19.6. The van der Waals surface area contributed by atoms with Gasteiger partial charge in [-0.1, -0.05) is 11.6 Å². The Balaban J connectivity index is 1.79. The molecule has 1 fully saturated rings. The van der Waals surface area contributed by atoms with Crippen molar-refractivity contribution in [2.24, 2.45) is 0 Å². The number of hydrogen-bond donors (Lipinski definition) is 1. The van der Waals surface area contributed by atoms with E-state index in [1.54, 1.807) is 24.3 Å². The average Bonchev–Trinajstić information content (AvgIpc) is 3.01. The predicted molar refractivity (Wildman–Crippen MR) is 101 cm³/mol. The molecule has 27 heavy (non-hydrogen) atoms. The van der Waals surface area contributed by atoms with Crippen LogP contribution in [0.3, 0.4) is 0 Å². The number of halogens is 1. The van der Waals surface area contributed by atoms with Gasteiger partial charge in [-0.2, -0.15) is 0 Å². The van der Waals surface area contributed by atoms with Gasteiger partial charge >= 0.3 is 0 Å². The number of carbonyl (C=O) groups is 3. The number of rotatable bonds is 5. The molecule has 0 spiro atoms. The first-order valence-electron chi connectivity index (χ1n) is 8.13. The van der Waals surface area contributed by atoms with Crippen LogP contribution in [0.2, 0.25) is 5.02 Å². The van der Waals surface area contributed by atoms with Gasteiger partial charge in [0, 0.05) is 30.5 Å². The highest BCUT2D eigenvalue weighted by atomic mass is 35.5. The Morgan fingerprint density at radius 1 is 1.00 bits per heavy atom. The summed E-state index contributed by atoms with van der Waals surface area (Å²) in [6.07, 6.45) is 0.414. The number of benzene rings is 2. The molecule has 0 aromatic heterocycles. The normalized spacial score (nSPS) is 13.7. The number of nitrogens with one attached hydrogen (secondary N) is 1. The van der Waals surface area contributed by atoms with Crippen molar-refractivity contribution in [3.05, 3.63) is 47.0 Å². The molecular weight excluding hydrogens is 372 g/mol. The molecule has 0 atom stereocenters. The largest absolute Gasteiger partial charge is 0.493 e. The van der Waals surface area contributed by atoms with Crippen LogP contribution in [-0.4, -0.2) is 31.9 Å². The van der Waals surface area contributed by atoms with E-state index >= 15 is 0 Å². The summed E-state index contributed by atoms with van der Waals surface area (Å²) in [4.78, 5) is 37.2. The van der Waals surface area contributed by atoms with Gasteiger partial charge in [0.05, 0.1) is 30.6 Å². The molecule has 1 saturated heterocycles. The van der Waals surface area contributed by atoms with Crippen LogP contribution in [0.15, 0.2) is 36.4 Å². The number of ether oxygens (including phenoxy) is 2. The summed E-state index contributed by atoms with van der Waals surface area (Å²) < 4.78 is 10.4. The molecule has 0 radical (unpaired) electrons. The summed E-state index contributed by atoms with van der Waals surface area (Å²) in [5, 5.41) is 3.00. The molecule has 140 valence electrons. The van der Waals surface area contributed by atoms with Crippen LogP contribution < -0.4 is 19.7 Å². The van der Waals surface area contributed by atoms with Crippen LogP contribution in [0, 0.1) is 0 Å². The molecule has 0 saturated carbocycles. The molecule has 2 aromatic carbocycles. The van der Waals surface area contributed by atoms with Crippen LogP contribution in [0.1, 0.15) is 23.2 Å². The van der Waals surface area contributed by atoms with Gasteiger partial charge in [0.2, 0.25) is 11.8 Å².